The Labute approximate surface area is 105 Å². The minimum atomic E-state index is -1.32. The number of rotatable bonds is 4. The molecule has 0 spiro atoms. The van der Waals surface area contributed by atoms with Gasteiger partial charge in [-0.2, -0.15) is 0 Å². The van der Waals surface area contributed by atoms with Crippen molar-refractivity contribution in [2.75, 3.05) is 6.61 Å². The van der Waals surface area contributed by atoms with Gasteiger partial charge in [0.05, 0.1) is 5.79 Å². The van der Waals surface area contributed by atoms with Crippen LogP contribution in [0.15, 0.2) is 30.3 Å². The van der Waals surface area contributed by atoms with Crippen LogP contribution in [0, 0.1) is 5.33 Å². The van der Waals surface area contributed by atoms with Gasteiger partial charge in [-0.3, -0.25) is 0 Å². The molecule has 0 aromatic heterocycles. The van der Waals surface area contributed by atoms with Gasteiger partial charge in [-0.25, -0.2) is 5.33 Å². The van der Waals surface area contributed by atoms with E-state index in [1.54, 1.807) is 0 Å². The molecule has 14 heavy (non-hydrogen) atoms. The third-order valence-electron chi connectivity index (χ3n) is 1.70. The maximum Gasteiger partial charge on any atom is 1.00 e. The SMILES string of the molecule is CCOC(O)([CH-]Br)c1ccccc1.[Li+]. The van der Waals surface area contributed by atoms with E-state index in [1.807, 2.05) is 37.3 Å². The van der Waals surface area contributed by atoms with Gasteiger partial charge >= 0.3 is 18.9 Å². The summed E-state index contributed by atoms with van der Waals surface area (Å²) in [6.45, 7) is 2.29. The van der Waals surface area contributed by atoms with Gasteiger partial charge in [0.2, 0.25) is 0 Å². The number of aliphatic hydroxyl groups is 1. The van der Waals surface area contributed by atoms with Crippen molar-refractivity contribution in [1.29, 1.82) is 0 Å². The molecule has 0 aliphatic carbocycles. The van der Waals surface area contributed by atoms with Crippen LogP contribution in [0.4, 0.5) is 0 Å². The zero-order valence-corrected chi connectivity index (χ0v) is 9.99. The van der Waals surface area contributed by atoms with E-state index in [1.165, 1.54) is 5.33 Å². The fraction of sp³-hybridized carbons (Fsp3) is 0.300. The third kappa shape index (κ3) is 3.41. The molecule has 0 heterocycles. The predicted molar refractivity (Wildman–Crippen MR) is 55.2 cm³/mol. The van der Waals surface area contributed by atoms with Gasteiger partial charge in [0, 0.05) is 6.61 Å². The molecule has 1 unspecified atom stereocenters. The first-order valence-corrected chi connectivity index (χ1v) is 5.01. The summed E-state index contributed by atoms with van der Waals surface area (Å²) in [6.07, 6.45) is 0. The molecule has 1 rings (SSSR count). The predicted octanol–water partition coefficient (Wildman–Crippen LogP) is -0.571. The van der Waals surface area contributed by atoms with Gasteiger partial charge in [-0.05, 0) is 12.5 Å². The van der Waals surface area contributed by atoms with Gasteiger partial charge < -0.3 is 25.8 Å². The van der Waals surface area contributed by atoms with E-state index < -0.39 is 5.79 Å². The molecule has 1 aromatic carbocycles. The Morgan fingerprint density at radius 3 is 2.43 bits per heavy atom. The number of benzene rings is 1. The molecule has 1 N–H and O–H groups in total. The van der Waals surface area contributed by atoms with E-state index in [0.29, 0.717) is 12.2 Å². The quantitative estimate of drug-likeness (QED) is 0.441. The van der Waals surface area contributed by atoms with Crippen LogP contribution in [-0.4, -0.2) is 11.7 Å². The van der Waals surface area contributed by atoms with Gasteiger partial charge in [0.1, 0.15) is 0 Å². The topological polar surface area (TPSA) is 29.5 Å². The Morgan fingerprint density at radius 2 is 2.00 bits per heavy atom. The summed E-state index contributed by atoms with van der Waals surface area (Å²) in [5.74, 6) is -1.32. The largest absolute Gasteiger partial charge is 1.00 e. The fourth-order valence-electron chi connectivity index (χ4n) is 1.07. The molecule has 0 aliphatic rings. The van der Waals surface area contributed by atoms with Crippen LogP contribution in [-0.2, 0) is 10.5 Å². The van der Waals surface area contributed by atoms with Crippen molar-refractivity contribution in [3.8, 4) is 0 Å². The second-order valence-corrected chi connectivity index (χ2v) is 3.06. The summed E-state index contributed by atoms with van der Waals surface area (Å²) >= 11 is 3.11. The molecule has 1 aromatic rings. The van der Waals surface area contributed by atoms with E-state index in [0.717, 1.165) is 0 Å². The Bertz CT molecular complexity index is 256. The zero-order chi connectivity index (χ0) is 9.73. The molecule has 2 nitrogen and oxygen atoms in total. The molecule has 72 valence electrons. The minimum Gasteiger partial charge on any atom is -0.390 e. The third-order valence-corrected chi connectivity index (χ3v) is 2.32. The molecular formula is C10H12BrLiO2. The van der Waals surface area contributed by atoms with E-state index in [4.69, 9.17) is 4.74 Å². The monoisotopic (exact) mass is 250 g/mol. The Kier molecular flexibility index (Phi) is 6.76. The summed E-state index contributed by atoms with van der Waals surface area (Å²) < 4.78 is 5.22. The van der Waals surface area contributed by atoms with E-state index in [9.17, 15) is 5.11 Å². The molecular weight excluding hydrogens is 239 g/mol. The Balaban J connectivity index is 0.00000169. The average Bonchev–Trinajstić information content (AvgIpc) is 2.19. The van der Waals surface area contributed by atoms with E-state index in [-0.39, 0.29) is 18.9 Å². The molecule has 0 radical (unpaired) electrons. The minimum absolute atomic E-state index is 0. The summed E-state index contributed by atoms with van der Waals surface area (Å²) in [5.41, 5.74) is 0.716. The van der Waals surface area contributed by atoms with Gasteiger partial charge in [-0.1, -0.05) is 30.3 Å². The second kappa shape index (κ2) is 6.66. The van der Waals surface area contributed by atoms with E-state index in [2.05, 4.69) is 15.9 Å². The summed E-state index contributed by atoms with van der Waals surface area (Å²) in [4.78, 5) is 0. The summed E-state index contributed by atoms with van der Waals surface area (Å²) in [6, 6.07) is 9.23. The fourth-order valence-corrected chi connectivity index (χ4v) is 1.47. The molecule has 0 aliphatic heterocycles. The van der Waals surface area contributed by atoms with Gasteiger partial charge in [-0.15, -0.1) is 0 Å². The Hall–Kier alpha value is 0.217. The first-order valence-electron chi connectivity index (χ1n) is 4.09. The Morgan fingerprint density at radius 1 is 1.43 bits per heavy atom. The van der Waals surface area contributed by atoms with Crippen molar-refractivity contribution < 1.29 is 28.7 Å². The molecule has 1 atom stereocenters. The first-order chi connectivity index (χ1) is 6.23. The van der Waals surface area contributed by atoms with Crippen molar-refractivity contribution in [3.05, 3.63) is 41.2 Å². The van der Waals surface area contributed by atoms with Crippen LogP contribution >= 0.6 is 15.9 Å². The van der Waals surface area contributed by atoms with Crippen LogP contribution in [0.3, 0.4) is 0 Å². The maximum atomic E-state index is 9.97. The average molecular weight is 251 g/mol. The van der Waals surface area contributed by atoms with Crippen LogP contribution in [0.5, 0.6) is 0 Å². The van der Waals surface area contributed by atoms with Crippen LogP contribution < -0.4 is 18.9 Å². The smallest absolute Gasteiger partial charge is 0.390 e. The maximum absolute atomic E-state index is 9.97. The normalized spacial score (nSPS) is 14.2. The molecule has 0 saturated heterocycles. The summed E-state index contributed by atoms with van der Waals surface area (Å²) in [5, 5.41) is 11.4. The van der Waals surface area contributed by atoms with Crippen molar-refractivity contribution >= 4 is 15.9 Å². The van der Waals surface area contributed by atoms with Crippen molar-refractivity contribution in [1.82, 2.24) is 0 Å². The second-order valence-electron chi connectivity index (χ2n) is 2.60. The molecule has 0 amide bonds. The number of hydrogen-bond donors (Lipinski definition) is 1. The van der Waals surface area contributed by atoms with Crippen LogP contribution in [0.2, 0.25) is 0 Å². The number of ether oxygens (including phenoxy) is 1. The van der Waals surface area contributed by atoms with Crippen LogP contribution in [0.25, 0.3) is 0 Å². The summed E-state index contributed by atoms with van der Waals surface area (Å²) in [7, 11) is 0. The molecule has 0 fully saturated rings. The first kappa shape index (κ1) is 14.2. The van der Waals surface area contributed by atoms with Crippen molar-refractivity contribution in [2.45, 2.75) is 12.7 Å². The van der Waals surface area contributed by atoms with Gasteiger partial charge in [0.15, 0.2) is 0 Å². The molecule has 0 saturated carbocycles. The molecule has 4 heteroatoms. The van der Waals surface area contributed by atoms with E-state index >= 15 is 0 Å². The van der Waals surface area contributed by atoms with Gasteiger partial charge in [0.25, 0.3) is 0 Å². The van der Waals surface area contributed by atoms with Crippen molar-refractivity contribution in [2.24, 2.45) is 0 Å². The number of halogens is 1. The zero-order valence-electron chi connectivity index (χ0n) is 8.40. The van der Waals surface area contributed by atoms with Crippen LogP contribution in [0.1, 0.15) is 12.5 Å². The van der Waals surface area contributed by atoms with Crippen molar-refractivity contribution in [3.63, 3.8) is 0 Å². The number of hydrogen-bond acceptors (Lipinski definition) is 2. The molecule has 0 bridgehead atoms. The standard InChI is InChI=1S/C10H12BrO2.Li/c1-2-13-10(12,8-11)9-6-4-3-5-7-9;/h3-8,12H,2H2,1H3;/q-1;+1.